The molecular formula is C19H23N3O4. The van der Waals surface area contributed by atoms with Gasteiger partial charge in [-0.1, -0.05) is 13.8 Å². The Morgan fingerprint density at radius 3 is 2.81 bits per heavy atom. The maximum atomic E-state index is 12.4. The van der Waals surface area contributed by atoms with E-state index >= 15 is 0 Å². The third-order valence-corrected chi connectivity index (χ3v) is 4.73. The van der Waals surface area contributed by atoms with Gasteiger partial charge in [0, 0.05) is 43.9 Å². The Morgan fingerprint density at radius 1 is 1.38 bits per heavy atom. The molecule has 0 aromatic carbocycles. The van der Waals surface area contributed by atoms with Crippen LogP contribution in [0, 0.1) is 5.92 Å². The molecule has 7 heteroatoms. The maximum Gasteiger partial charge on any atom is 0.407 e. The summed E-state index contributed by atoms with van der Waals surface area (Å²) in [4.78, 5) is 29.3. The molecule has 1 aliphatic rings. The maximum absolute atomic E-state index is 12.4. The molecule has 0 saturated carbocycles. The van der Waals surface area contributed by atoms with Crippen molar-refractivity contribution < 1.29 is 14.6 Å². The number of aromatic nitrogens is 2. The third kappa shape index (κ3) is 3.87. The van der Waals surface area contributed by atoms with Gasteiger partial charge in [-0.05, 0) is 24.1 Å². The van der Waals surface area contributed by atoms with Gasteiger partial charge in [-0.25, -0.2) is 4.79 Å². The van der Waals surface area contributed by atoms with Crippen LogP contribution < -0.4 is 10.3 Å². The van der Waals surface area contributed by atoms with Crippen LogP contribution in [0.2, 0.25) is 0 Å². The van der Waals surface area contributed by atoms with Gasteiger partial charge in [-0.3, -0.25) is 14.3 Å². The number of carbonyl (C=O) groups is 1. The Balaban J connectivity index is 1.73. The lowest BCUT2D eigenvalue weighted by atomic mass is 9.91. The minimum Gasteiger partial charge on any atom is -0.490 e. The molecule has 0 aliphatic carbocycles. The highest BCUT2D eigenvalue weighted by atomic mass is 16.5. The first-order chi connectivity index (χ1) is 12.5. The summed E-state index contributed by atoms with van der Waals surface area (Å²) in [5.74, 6) is 0.711. The molecule has 0 spiro atoms. The lowest BCUT2D eigenvalue weighted by Crippen LogP contribution is -2.50. The largest absolute Gasteiger partial charge is 0.490 e. The van der Waals surface area contributed by atoms with Crippen LogP contribution in [0.5, 0.6) is 5.75 Å². The van der Waals surface area contributed by atoms with E-state index in [0.717, 1.165) is 0 Å². The molecule has 26 heavy (non-hydrogen) atoms. The zero-order valence-corrected chi connectivity index (χ0v) is 14.9. The van der Waals surface area contributed by atoms with Gasteiger partial charge >= 0.3 is 6.09 Å². The average Bonchev–Trinajstić information content (AvgIpc) is 2.62. The minimum atomic E-state index is -0.888. The Labute approximate surface area is 151 Å². The lowest BCUT2D eigenvalue weighted by Gasteiger charge is -2.39. The summed E-state index contributed by atoms with van der Waals surface area (Å²) in [6.45, 7) is 4.46. The quantitative estimate of drug-likeness (QED) is 0.909. The van der Waals surface area contributed by atoms with E-state index in [-0.39, 0.29) is 23.6 Å². The summed E-state index contributed by atoms with van der Waals surface area (Å²) in [7, 11) is 0. The van der Waals surface area contributed by atoms with Gasteiger partial charge in [0.25, 0.3) is 5.56 Å². The van der Waals surface area contributed by atoms with Crippen molar-refractivity contribution in [1.29, 1.82) is 0 Å². The first-order valence-electron chi connectivity index (χ1n) is 8.75. The van der Waals surface area contributed by atoms with Crippen molar-refractivity contribution in [1.82, 2.24) is 14.5 Å². The molecule has 7 nitrogen and oxygen atoms in total. The van der Waals surface area contributed by atoms with E-state index in [4.69, 9.17) is 4.74 Å². The van der Waals surface area contributed by atoms with E-state index in [1.54, 1.807) is 30.7 Å². The van der Waals surface area contributed by atoms with Crippen molar-refractivity contribution in [2.45, 2.75) is 38.8 Å². The van der Waals surface area contributed by atoms with Crippen LogP contribution in [0.4, 0.5) is 4.79 Å². The highest BCUT2D eigenvalue weighted by molar-refractivity contribution is 5.65. The van der Waals surface area contributed by atoms with Gasteiger partial charge in [-0.2, -0.15) is 0 Å². The molecule has 3 heterocycles. The number of ether oxygens (including phenoxy) is 1. The van der Waals surface area contributed by atoms with Crippen LogP contribution >= 0.6 is 0 Å². The van der Waals surface area contributed by atoms with Crippen LogP contribution in [0.25, 0.3) is 5.69 Å². The fourth-order valence-corrected chi connectivity index (χ4v) is 3.38. The van der Waals surface area contributed by atoms with Crippen LogP contribution in [-0.2, 0) is 0 Å². The molecule has 138 valence electrons. The zero-order valence-electron chi connectivity index (χ0n) is 14.9. The van der Waals surface area contributed by atoms with Gasteiger partial charge < -0.3 is 14.7 Å². The van der Waals surface area contributed by atoms with Gasteiger partial charge in [0.1, 0.15) is 11.9 Å². The normalized spacial score (nSPS) is 20.2. The smallest absolute Gasteiger partial charge is 0.407 e. The van der Waals surface area contributed by atoms with E-state index in [2.05, 4.69) is 4.98 Å². The van der Waals surface area contributed by atoms with Gasteiger partial charge in [0.2, 0.25) is 0 Å². The first-order valence-corrected chi connectivity index (χ1v) is 8.75. The second-order valence-corrected chi connectivity index (χ2v) is 6.83. The number of hydrogen-bond donors (Lipinski definition) is 1. The summed E-state index contributed by atoms with van der Waals surface area (Å²) >= 11 is 0. The SMILES string of the molecule is CC(C)C1CC(Oc2ccn(-c3cccnc3)c(=O)c2)CCN1C(=O)O. The Bertz CT molecular complexity index is 819. The molecule has 1 fully saturated rings. The van der Waals surface area contributed by atoms with E-state index in [1.807, 2.05) is 19.9 Å². The zero-order chi connectivity index (χ0) is 18.7. The standard InChI is InChI=1S/C19H23N3O4/c1-13(2)17-10-15(6-9-22(17)19(24)25)26-16-5-8-21(18(23)11-16)14-4-3-7-20-12-14/h3-5,7-8,11-13,15,17H,6,9-10H2,1-2H3,(H,24,25). The number of rotatable bonds is 4. The molecule has 1 saturated heterocycles. The summed E-state index contributed by atoms with van der Waals surface area (Å²) in [6.07, 6.45) is 5.18. The Hall–Kier alpha value is -2.83. The monoisotopic (exact) mass is 357 g/mol. The second-order valence-electron chi connectivity index (χ2n) is 6.83. The van der Waals surface area contributed by atoms with Crippen LogP contribution in [0.1, 0.15) is 26.7 Å². The Kier molecular flexibility index (Phi) is 5.25. The van der Waals surface area contributed by atoms with Crippen molar-refractivity contribution >= 4 is 6.09 Å². The van der Waals surface area contributed by atoms with Crippen molar-refractivity contribution in [2.24, 2.45) is 5.92 Å². The van der Waals surface area contributed by atoms with Crippen LogP contribution in [-0.4, -0.2) is 44.3 Å². The second kappa shape index (κ2) is 7.59. The number of carboxylic acid groups (broad SMARTS) is 1. The highest BCUT2D eigenvalue weighted by Crippen LogP contribution is 2.26. The van der Waals surface area contributed by atoms with Crippen LogP contribution in [0.15, 0.2) is 47.7 Å². The first kappa shape index (κ1) is 18.0. The van der Waals surface area contributed by atoms with Gasteiger partial charge in [0.05, 0.1) is 11.9 Å². The molecule has 2 aromatic rings. The molecular weight excluding hydrogens is 334 g/mol. The van der Waals surface area contributed by atoms with E-state index < -0.39 is 6.09 Å². The van der Waals surface area contributed by atoms with Crippen molar-refractivity contribution in [3.05, 3.63) is 53.2 Å². The molecule has 0 radical (unpaired) electrons. The number of piperidine rings is 1. The Morgan fingerprint density at radius 2 is 2.19 bits per heavy atom. The molecule has 2 unspecified atom stereocenters. The number of amides is 1. The number of likely N-dealkylation sites (tertiary alicyclic amines) is 1. The van der Waals surface area contributed by atoms with Crippen molar-refractivity contribution in [2.75, 3.05) is 6.54 Å². The molecule has 0 bridgehead atoms. The molecule has 1 aliphatic heterocycles. The summed E-state index contributed by atoms with van der Waals surface area (Å²) in [5.41, 5.74) is 0.498. The molecule has 2 aromatic heterocycles. The summed E-state index contributed by atoms with van der Waals surface area (Å²) < 4.78 is 7.49. The summed E-state index contributed by atoms with van der Waals surface area (Å²) in [6, 6.07) is 6.71. The number of nitrogens with zero attached hydrogens (tertiary/aromatic N) is 3. The van der Waals surface area contributed by atoms with Gasteiger partial charge in [-0.15, -0.1) is 0 Å². The van der Waals surface area contributed by atoms with E-state index in [1.165, 1.54) is 15.5 Å². The summed E-state index contributed by atoms with van der Waals surface area (Å²) in [5, 5.41) is 9.34. The highest BCUT2D eigenvalue weighted by Gasteiger charge is 2.34. The fourth-order valence-electron chi connectivity index (χ4n) is 3.38. The molecule has 3 rings (SSSR count). The van der Waals surface area contributed by atoms with Gasteiger partial charge in [0.15, 0.2) is 0 Å². The van der Waals surface area contributed by atoms with Crippen molar-refractivity contribution in [3.8, 4) is 11.4 Å². The van der Waals surface area contributed by atoms with Crippen molar-refractivity contribution in [3.63, 3.8) is 0 Å². The molecule has 1 amide bonds. The van der Waals surface area contributed by atoms with E-state index in [9.17, 15) is 14.7 Å². The lowest BCUT2D eigenvalue weighted by molar-refractivity contribution is 0.0381. The van der Waals surface area contributed by atoms with E-state index in [0.29, 0.717) is 30.8 Å². The van der Waals surface area contributed by atoms with Crippen LogP contribution in [0.3, 0.4) is 0 Å². The number of pyridine rings is 2. The predicted molar refractivity (Wildman–Crippen MR) is 96.8 cm³/mol. The molecule has 1 N–H and O–H groups in total. The third-order valence-electron chi connectivity index (χ3n) is 4.73. The number of hydrogen-bond acceptors (Lipinski definition) is 4. The predicted octanol–water partition coefficient (Wildman–Crippen LogP) is 2.78. The topological polar surface area (TPSA) is 84.7 Å². The minimum absolute atomic E-state index is 0.0815. The average molecular weight is 357 g/mol. The fraction of sp³-hybridized carbons (Fsp3) is 0.421. The molecule has 2 atom stereocenters.